The summed E-state index contributed by atoms with van der Waals surface area (Å²) in [5.74, 6) is 0.00568. The standard InChI is InChI=1S/C15H14FN3O/c1-2-20-15-11(5-4-8-18-15)10-19-14-7-3-6-13(16)12(14)9-17/h3-8,19H,2,10H2,1H3. The molecule has 0 aliphatic rings. The average molecular weight is 271 g/mol. The number of hydrogen-bond acceptors (Lipinski definition) is 4. The number of anilines is 1. The Morgan fingerprint density at radius 2 is 2.20 bits per heavy atom. The number of ether oxygens (including phenoxy) is 1. The molecule has 0 fully saturated rings. The van der Waals surface area contributed by atoms with Gasteiger partial charge in [-0.15, -0.1) is 0 Å². The lowest BCUT2D eigenvalue weighted by Crippen LogP contribution is -2.06. The highest BCUT2D eigenvalue weighted by atomic mass is 19.1. The predicted octanol–water partition coefficient (Wildman–Crippen LogP) is 3.10. The molecule has 1 heterocycles. The molecule has 0 aliphatic carbocycles. The molecule has 0 amide bonds. The molecule has 0 aliphatic heterocycles. The maximum atomic E-state index is 13.5. The SMILES string of the molecule is CCOc1ncccc1CNc1cccc(F)c1C#N. The number of nitriles is 1. The van der Waals surface area contributed by atoms with Crippen molar-refractivity contribution in [3.8, 4) is 11.9 Å². The third kappa shape index (κ3) is 3.04. The van der Waals surface area contributed by atoms with Gasteiger partial charge < -0.3 is 10.1 Å². The smallest absolute Gasteiger partial charge is 0.218 e. The van der Waals surface area contributed by atoms with E-state index < -0.39 is 5.82 Å². The molecule has 1 aromatic carbocycles. The number of nitrogens with zero attached hydrogens (tertiary/aromatic N) is 2. The summed E-state index contributed by atoms with van der Waals surface area (Å²) in [6.07, 6.45) is 1.65. The van der Waals surface area contributed by atoms with Crippen LogP contribution in [-0.4, -0.2) is 11.6 Å². The third-order valence-electron chi connectivity index (χ3n) is 2.73. The molecule has 1 N–H and O–H groups in total. The Morgan fingerprint density at radius 1 is 1.35 bits per heavy atom. The van der Waals surface area contributed by atoms with E-state index >= 15 is 0 Å². The van der Waals surface area contributed by atoms with E-state index in [1.807, 2.05) is 19.1 Å². The second-order valence-corrected chi connectivity index (χ2v) is 4.03. The quantitative estimate of drug-likeness (QED) is 0.907. The Labute approximate surface area is 116 Å². The van der Waals surface area contributed by atoms with E-state index in [4.69, 9.17) is 10.00 Å². The van der Waals surface area contributed by atoms with Crippen LogP contribution in [0, 0.1) is 17.1 Å². The van der Waals surface area contributed by atoms with Crippen molar-refractivity contribution >= 4 is 5.69 Å². The molecule has 0 atom stereocenters. The van der Waals surface area contributed by atoms with Crippen LogP contribution in [0.1, 0.15) is 18.1 Å². The molecule has 0 radical (unpaired) electrons. The first-order valence-electron chi connectivity index (χ1n) is 6.25. The van der Waals surface area contributed by atoms with Crippen molar-refractivity contribution in [1.82, 2.24) is 4.98 Å². The highest BCUT2D eigenvalue weighted by Gasteiger charge is 2.09. The summed E-state index contributed by atoms with van der Waals surface area (Å²) in [6, 6.07) is 10.0. The number of nitrogens with one attached hydrogen (secondary N) is 1. The monoisotopic (exact) mass is 271 g/mol. The van der Waals surface area contributed by atoms with E-state index in [2.05, 4.69) is 10.3 Å². The van der Waals surface area contributed by atoms with Crippen LogP contribution in [-0.2, 0) is 6.54 Å². The molecule has 2 aromatic rings. The van der Waals surface area contributed by atoms with Crippen LogP contribution in [0.2, 0.25) is 0 Å². The second kappa shape index (κ2) is 6.53. The van der Waals surface area contributed by atoms with E-state index in [1.165, 1.54) is 6.07 Å². The number of hydrogen-bond donors (Lipinski definition) is 1. The normalized spacial score (nSPS) is 9.85. The van der Waals surface area contributed by atoms with Gasteiger partial charge in [-0.2, -0.15) is 5.26 Å². The van der Waals surface area contributed by atoms with Gasteiger partial charge in [-0.25, -0.2) is 9.37 Å². The first kappa shape index (κ1) is 13.8. The van der Waals surface area contributed by atoms with Crippen LogP contribution in [0.4, 0.5) is 10.1 Å². The highest BCUT2D eigenvalue weighted by Crippen LogP contribution is 2.21. The molecule has 4 nitrogen and oxygen atoms in total. The van der Waals surface area contributed by atoms with Crippen molar-refractivity contribution in [2.75, 3.05) is 11.9 Å². The van der Waals surface area contributed by atoms with Crippen LogP contribution in [0.5, 0.6) is 5.88 Å². The maximum absolute atomic E-state index is 13.5. The van der Waals surface area contributed by atoms with Gasteiger partial charge in [-0.1, -0.05) is 12.1 Å². The van der Waals surface area contributed by atoms with Crippen LogP contribution in [0.3, 0.4) is 0 Å². The van der Waals surface area contributed by atoms with E-state index in [0.29, 0.717) is 24.7 Å². The van der Waals surface area contributed by atoms with Gasteiger partial charge in [0.05, 0.1) is 12.3 Å². The first-order chi connectivity index (χ1) is 9.76. The van der Waals surface area contributed by atoms with Crippen molar-refractivity contribution in [2.45, 2.75) is 13.5 Å². The van der Waals surface area contributed by atoms with E-state index in [-0.39, 0.29) is 5.56 Å². The minimum Gasteiger partial charge on any atom is -0.478 e. The third-order valence-corrected chi connectivity index (χ3v) is 2.73. The number of halogens is 1. The lowest BCUT2D eigenvalue weighted by molar-refractivity contribution is 0.323. The molecule has 0 saturated carbocycles. The van der Waals surface area contributed by atoms with Crippen molar-refractivity contribution in [2.24, 2.45) is 0 Å². The lowest BCUT2D eigenvalue weighted by Gasteiger charge is -2.11. The predicted molar refractivity (Wildman–Crippen MR) is 73.8 cm³/mol. The van der Waals surface area contributed by atoms with Gasteiger partial charge in [-0.05, 0) is 25.1 Å². The van der Waals surface area contributed by atoms with E-state index in [9.17, 15) is 4.39 Å². The summed E-state index contributed by atoms with van der Waals surface area (Å²) < 4.78 is 18.9. The fraction of sp³-hybridized carbons (Fsp3) is 0.200. The van der Waals surface area contributed by atoms with Crippen molar-refractivity contribution in [3.05, 3.63) is 53.5 Å². The second-order valence-electron chi connectivity index (χ2n) is 4.03. The van der Waals surface area contributed by atoms with Crippen LogP contribution >= 0.6 is 0 Å². The summed E-state index contributed by atoms with van der Waals surface area (Å²) in [4.78, 5) is 4.14. The lowest BCUT2D eigenvalue weighted by atomic mass is 10.1. The molecular formula is C15H14FN3O. The molecular weight excluding hydrogens is 257 g/mol. The van der Waals surface area contributed by atoms with Gasteiger partial charge in [0.15, 0.2) is 0 Å². The van der Waals surface area contributed by atoms with Crippen LogP contribution < -0.4 is 10.1 Å². The van der Waals surface area contributed by atoms with Crippen molar-refractivity contribution in [1.29, 1.82) is 5.26 Å². The molecule has 0 saturated heterocycles. The molecule has 1 aromatic heterocycles. The maximum Gasteiger partial charge on any atom is 0.218 e. The molecule has 0 spiro atoms. The first-order valence-corrected chi connectivity index (χ1v) is 6.25. The number of pyridine rings is 1. The molecule has 0 bridgehead atoms. The molecule has 2 rings (SSSR count). The van der Waals surface area contributed by atoms with E-state index in [1.54, 1.807) is 24.4 Å². The number of rotatable bonds is 5. The number of benzene rings is 1. The Balaban J connectivity index is 2.18. The van der Waals surface area contributed by atoms with Gasteiger partial charge in [0.1, 0.15) is 17.4 Å². The molecule has 0 unspecified atom stereocenters. The fourth-order valence-electron chi connectivity index (χ4n) is 1.80. The van der Waals surface area contributed by atoms with Crippen molar-refractivity contribution in [3.63, 3.8) is 0 Å². The molecule has 20 heavy (non-hydrogen) atoms. The zero-order valence-electron chi connectivity index (χ0n) is 11.1. The van der Waals surface area contributed by atoms with Gasteiger partial charge in [0.2, 0.25) is 5.88 Å². The van der Waals surface area contributed by atoms with Crippen molar-refractivity contribution < 1.29 is 9.13 Å². The summed E-state index contributed by atoms with van der Waals surface area (Å²) in [5.41, 5.74) is 1.32. The Bertz CT molecular complexity index is 637. The fourth-order valence-corrected chi connectivity index (χ4v) is 1.80. The molecule has 102 valence electrons. The van der Waals surface area contributed by atoms with Gasteiger partial charge >= 0.3 is 0 Å². The van der Waals surface area contributed by atoms with Gasteiger partial charge in [-0.3, -0.25) is 0 Å². The Morgan fingerprint density at radius 3 is 2.95 bits per heavy atom. The zero-order valence-corrected chi connectivity index (χ0v) is 11.1. The largest absolute Gasteiger partial charge is 0.478 e. The summed E-state index contributed by atoms with van der Waals surface area (Å²) in [5, 5.41) is 12.0. The summed E-state index contributed by atoms with van der Waals surface area (Å²) in [6.45, 7) is 2.81. The van der Waals surface area contributed by atoms with Crippen LogP contribution in [0.15, 0.2) is 36.5 Å². The van der Waals surface area contributed by atoms with E-state index in [0.717, 1.165) is 5.56 Å². The molecule has 5 heteroatoms. The highest BCUT2D eigenvalue weighted by molar-refractivity contribution is 5.58. The average Bonchev–Trinajstić information content (AvgIpc) is 2.47. The topological polar surface area (TPSA) is 57.9 Å². The minimum atomic E-state index is -0.534. The van der Waals surface area contributed by atoms with Gasteiger partial charge in [0, 0.05) is 18.3 Å². The van der Waals surface area contributed by atoms with Crippen LogP contribution in [0.25, 0.3) is 0 Å². The number of aromatic nitrogens is 1. The minimum absolute atomic E-state index is 0.00866. The zero-order chi connectivity index (χ0) is 14.4. The Hall–Kier alpha value is -2.61. The Kier molecular flexibility index (Phi) is 4.51. The summed E-state index contributed by atoms with van der Waals surface area (Å²) >= 11 is 0. The van der Waals surface area contributed by atoms with Gasteiger partial charge in [0.25, 0.3) is 0 Å². The summed E-state index contributed by atoms with van der Waals surface area (Å²) in [7, 11) is 0.